The first-order valence-electron chi connectivity index (χ1n) is 15.2. The van der Waals surface area contributed by atoms with E-state index in [1.165, 1.54) is 11.1 Å². The van der Waals surface area contributed by atoms with Gasteiger partial charge in [0.1, 0.15) is 24.5 Å². The largest absolute Gasteiger partial charge is 0.491 e. The Morgan fingerprint density at radius 3 is 2.30 bits per heavy atom. The summed E-state index contributed by atoms with van der Waals surface area (Å²) in [5.41, 5.74) is 4.63. The minimum absolute atomic E-state index is 0.0684. The Labute approximate surface area is 260 Å². The number of ether oxygens (including phenoxy) is 2. The zero-order chi connectivity index (χ0) is 31.9. The number of benzene rings is 3. The molecule has 1 aliphatic rings. The van der Waals surface area contributed by atoms with Crippen molar-refractivity contribution in [3.05, 3.63) is 100 Å². The number of carboxylic acid groups (broad SMARTS) is 1. The molecule has 44 heavy (non-hydrogen) atoms. The Morgan fingerprint density at radius 2 is 1.64 bits per heavy atom. The molecule has 0 radical (unpaired) electrons. The van der Waals surface area contributed by atoms with Gasteiger partial charge in [0, 0.05) is 29.7 Å². The van der Waals surface area contributed by atoms with Gasteiger partial charge in [0.2, 0.25) is 0 Å². The molecule has 2 unspecified atom stereocenters. The van der Waals surface area contributed by atoms with Crippen molar-refractivity contribution < 1.29 is 29.3 Å². The zero-order valence-electron chi connectivity index (χ0n) is 26.3. The van der Waals surface area contributed by atoms with Crippen LogP contribution in [0.4, 0.5) is 0 Å². The normalized spacial score (nSPS) is 16.0. The van der Waals surface area contributed by atoms with Crippen molar-refractivity contribution in [3.63, 3.8) is 0 Å². The molecule has 4 rings (SSSR count). The standard InChI is InChI=1S/C37H43NO6/c1-6-43-20-21-44-32-24-28(23-29-33(32)37(4,5)19-18-36(29,2)3)31(39)17-14-25-12-15-27(16-13-25)34(40)38-30(35(41)42)22-26-10-8-7-9-11-26/h7-13,15-16,23-24,30-31,39H,6,18-22H2,1-5H3,(H,38,40)(H,41,42). The number of hydrogen-bond donors (Lipinski definition) is 3. The third-order valence-corrected chi connectivity index (χ3v) is 8.30. The highest BCUT2D eigenvalue weighted by Crippen LogP contribution is 2.50. The number of rotatable bonds is 11. The van der Waals surface area contributed by atoms with Crippen LogP contribution in [0.3, 0.4) is 0 Å². The Balaban J connectivity index is 1.51. The number of carbonyl (C=O) groups excluding carboxylic acids is 1. The van der Waals surface area contributed by atoms with Crippen LogP contribution in [0, 0.1) is 11.8 Å². The van der Waals surface area contributed by atoms with E-state index in [9.17, 15) is 19.8 Å². The first-order chi connectivity index (χ1) is 20.9. The van der Waals surface area contributed by atoms with Crippen molar-refractivity contribution in [3.8, 4) is 17.6 Å². The molecule has 3 aromatic carbocycles. The van der Waals surface area contributed by atoms with Crippen molar-refractivity contribution in [2.24, 2.45) is 0 Å². The highest BCUT2D eigenvalue weighted by Gasteiger charge is 2.40. The van der Waals surface area contributed by atoms with Gasteiger partial charge in [-0.05, 0) is 77.6 Å². The van der Waals surface area contributed by atoms with Gasteiger partial charge in [-0.15, -0.1) is 0 Å². The lowest BCUT2D eigenvalue weighted by Crippen LogP contribution is -2.42. The summed E-state index contributed by atoms with van der Waals surface area (Å²) in [4.78, 5) is 24.6. The van der Waals surface area contributed by atoms with Gasteiger partial charge in [0.25, 0.3) is 5.91 Å². The fourth-order valence-electron chi connectivity index (χ4n) is 5.61. The maximum absolute atomic E-state index is 12.8. The molecule has 1 amide bonds. The SMILES string of the molecule is CCOCCOc1cc(C(O)C#Cc2ccc(C(=O)NC(Cc3ccccc3)C(=O)O)cc2)cc2c1C(C)(C)CCC2(C)C. The zero-order valence-corrected chi connectivity index (χ0v) is 26.3. The van der Waals surface area contributed by atoms with E-state index in [-0.39, 0.29) is 17.3 Å². The second-order valence-electron chi connectivity index (χ2n) is 12.6. The predicted octanol–water partition coefficient (Wildman–Crippen LogP) is 5.96. The summed E-state index contributed by atoms with van der Waals surface area (Å²) in [7, 11) is 0. The smallest absolute Gasteiger partial charge is 0.326 e. The van der Waals surface area contributed by atoms with Gasteiger partial charge in [0.15, 0.2) is 0 Å². The number of aliphatic hydroxyl groups excluding tert-OH is 1. The lowest BCUT2D eigenvalue weighted by molar-refractivity contribution is -0.139. The van der Waals surface area contributed by atoms with Gasteiger partial charge >= 0.3 is 5.97 Å². The molecule has 1 aliphatic carbocycles. The number of fused-ring (bicyclic) bond motifs is 1. The van der Waals surface area contributed by atoms with Gasteiger partial charge < -0.3 is 25.0 Å². The van der Waals surface area contributed by atoms with Gasteiger partial charge in [-0.25, -0.2) is 4.79 Å². The fraction of sp³-hybridized carbons (Fsp3) is 0.405. The van der Waals surface area contributed by atoms with E-state index in [4.69, 9.17) is 9.47 Å². The molecule has 3 N–H and O–H groups in total. The van der Waals surface area contributed by atoms with Crippen LogP contribution in [0.15, 0.2) is 66.7 Å². The lowest BCUT2D eigenvalue weighted by Gasteiger charge is -2.43. The topological polar surface area (TPSA) is 105 Å². The molecule has 0 saturated heterocycles. The highest BCUT2D eigenvalue weighted by molar-refractivity contribution is 5.96. The van der Waals surface area contributed by atoms with Gasteiger partial charge in [-0.1, -0.05) is 75.9 Å². The third-order valence-electron chi connectivity index (χ3n) is 8.30. The molecule has 0 fully saturated rings. The van der Waals surface area contributed by atoms with E-state index in [1.54, 1.807) is 24.3 Å². The van der Waals surface area contributed by atoms with E-state index in [1.807, 2.05) is 43.3 Å². The van der Waals surface area contributed by atoms with Crippen molar-refractivity contribution in [2.45, 2.75) is 76.9 Å². The van der Waals surface area contributed by atoms with Crippen LogP contribution < -0.4 is 10.1 Å². The molecule has 3 aromatic rings. The average molecular weight is 598 g/mol. The predicted molar refractivity (Wildman–Crippen MR) is 171 cm³/mol. The maximum Gasteiger partial charge on any atom is 0.326 e. The first kappa shape index (κ1) is 32.8. The third kappa shape index (κ3) is 8.07. The van der Waals surface area contributed by atoms with E-state index in [0.29, 0.717) is 36.5 Å². The highest BCUT2D eigenvalue weighted by atomic mass is 16.5. The number of nitrogens with one attached hydrogen (secondary N) is 1. The molecule has 7 nitrogen and oxygen atoms in total. The monoisotopic (exact) mass is 597 g/mol. The van der Waals surface area contributed by atoms with Gasteiger partial charge in [-0.2, -0.15) is 0 Å². The summed E-state index contributed by atoms with van der Waals surface area (Å²) >= 11 is 0. The average Bonchev–Trinajstić information content (AvgIpc) is 3.00. The Morgan fingerprint density at radius 1 is 0.955 bits per heavy atom. The number of carbonyl (C=O) groups is 2. The molecule has 0 aromatic heterocycles. The van der Waals surface area contributed by atoms with Crippen molar-refractivity contribution in [1.82, 2.24) is 5.32 Å². The second-order valence-corrected chi connectivity index (χ2v) is 12.6. The minimum atomic E-state index is -1.10. The summed E-state index contributed by atoms with van der Waals surface area (Å²) in [6.45, 7) is 12.4. The van der Waals surface area contributed by atoms with E-state index in [2.05, 4.69) is 50.9 Å². The van der Waals surface area contributed by atoms with E-state index >= 15 is 0 Å². The first-order valence-corrected chi connectivity index (χ1v) is 15.2. The van der Waals surface area contributed by atoms with Crippen LogP contribution in [0.5, 0.6) is 5.75 Å². The second kappa shape index (κ2) is 14.1. The van der Waals surface area contributed by atoms with Crippen molar-refractivity contribution in [1.29, 1.82) is 0 Å². The number of hydrogen-bond acceptors (Lipinski definition) is 5. The number of amides is 1. The maximum atomic E-state index is 12.8. The quantitative estimate of drug-likeness (QED) is 0.186. The van der Waals surface area contributed by atoms with Crippen LogP contribution >= 0.6 is 0 Å². The molecule has 0 heterocycles. The fourth-order valence-corrected chi connectivity index (χ4v) is 5.61. The summed E-state index contributed by atoms with van der Waals surface area (Å²) < 4.78 is 11.7. The molecular weight excluding hydrogens is 554 g/mol. The molecule has 2 atom stereocenters. The van der Waals surface area contributed by atoms with Crippen molar-refractivity contribution in [2.75, 3.05) is 19.8 Å². The Bertz CT molecular complexity index is 1520. The lowest BCUT2D eigenvalue weighted by atomic mass is 9.62. The number of carboxylic acids is 1. The van der Waals surface area contributed by atoms with Crippen LogP contribution in [-0.2, 0) is 26.8 Å². The van der Waals surface area contributed by atoms with Gasteiger partial charge in [0.05, 0.1) is 6.61 Å². The summed E-state index contributed by atoms with van der Waals surface area (Å²) in [5, 5.41) is 23.4. The van der Waals surface area contributed by atoms with Crippen LogP contribution in [0.1, 0.15) is 91.7 Å². The number of aliphatic hydroxyl groups is 1. The molecular formula is C37H43NO6. The molecule has 232 valence electrons. The summed E-state index contributed by atoms with van der Waals surface area (Å²) in [6, 6.07) is 18.6. The number of aliphatic carboxylic acids is 1. The van der Waals surface area contributed by atoms with Crippen LogP contribution in [0.25, 0.3) is 0 Å². The van der Waals surface area contributed by atoms with Crippen LogP contribution in [0.2, 0.25) is 0 Å². The minimum Gasteiger partial charge on any atom is -0.491 e. The molecule has 0 spiro atoms. The van der Waals surface area contributed by atoms with Crippen LogP contribution in [-0.4, -0.2) is 48.0 Å². The van der Waals surface area contributed by atoms with Gasteiger partial charge in [-0.3, -0.25) is 4.79 Å². The molecule has 0 aliphatic heterocycles. The Hall–Kier alpha value is -4.12. The van der Waals surface area contributed by atoms with Crippen molar-refractivity contribution >= 4 is 11.9 Å². The molecule has 0 bridgehead atoms. The molecule has 7 heteroatoms. The summed E-state index contributed by atoms with van der Waals surface area (Å²) in [6.07, 6.45) is 1.19. The van der Waals surface area contributed by atoms with E-state index < -0.39 is 24.0 Å². The van der Waals surface area contributed by atoms with E-state index in [0.717, 1.165) is 24.2 Å². The molecule has 0 saturated carbocycles. The Kier molecular flexibility index (Phi) is 10.5. The summed E-state index contributed by atoms with van der Waals surface area (Å²) in [5.74, 6) is 5.13.